The molecule has 1 saturated heterocycles. The summed E-state index contributed by atoms with van der Waals surface area (Å²) < 4.78 is 59.0. The molecule has 8 heteroatoms. The van der Waals surface area contributed by atoms with Gasteiger partial charge in [0.1, 0.15) is 0 Å². The number of hydrogen-bond acceptors (Lipinski definition) is 2. The van der Waals surface area contributed by atoms with Gasteiger partial charge in [0.05, 0.1) is 18.5 Å². The Hall–Kier alpha value is 0.130. The molecule has 1 heterocycles. The van der Waals surface area contributed by atoms with E-state index in [1.54, 1.807) is 4.72 Å². The quantitative estimate of drug-likeness (QED) is 0.798. The van der Waals surface area contributed by atoms with Crippen molar-refractivity contribution in [3.05, 3.63) is 0 Å². The van der Waals surface area contributed by atoms with Gasteiger partial charge >= 0.3 is 15.5 Å². The van der Waals surface area contributed by atoms with E-state index in [1.165, 1.54) is 0 Å². The van der Waals surface area contributed by atoms with Crippen molar-refractivity contribution in [3.63, 3.8) is 0 Å². The zero-order valence-electron chi connectivity index (χ0n) is 9.05. The summed E-state index contributed by atoms with van der Waals surface area (Å²) in [6.07, 6.45) is 4.95. The maximum atomic E-state index is 12.0. The van der Waals surface area contributed by atoms with E-state index in [1.807, 2.05) is 0 Å². The van der Waals surface area contributed by atoms with Crippen molar-refractivity contribution in [2.24, 2.45) is 0 Å². The lowest BCUT2D eigenvalue weighted by Gasteiger charge is -2.17. The molecule has 1 fully saturated rings. The van der Waals surface area contributed by atoms with E-state index in [9.17, 15) is 21.6 Å². The summed E-state index contributed by atoms with van der Waals surface area (Å²) in [6.45, 7) is 2.01. The molecule has 0 atom stereocenters. The summed E-state index contributed by atoms with van der Waals surface area (Å²) in [5.74, 6) is 0. The van der Waals surface area contributed by atoms with Gasteiger partial charge in [0.25, 0.3) is 0 Å². The van der Waals surface area contributed by atoms with Crippen molar-refractivity contribution < 1.29 is 21.6 Å². The van der Waals surface area contributed by atoms with Crippen molar-refractivity contribution in [1.29, 1.82) is 0 Å². The molecule has 0 aromatic carbocycles. The fourth-order valence-electron chi connectivity index (χ4n) is 1.85. The van der Waals surface area contributed by atoms with E-state index in [0.29, 0.717) is 6.16 Å². The van der Waals surface area contributed by atoms with Crippen molar-refractivity contribution >= 4 is 17.3 Å². The second-order valence-electron chi connectivity index (χ2n) is 4.34. The van der Waals surface area contributed by atoms with Crippen LogP contribution in [-0.4, -0.2) is 45.6 Å². The van der Waals surface area contributed by atoms with Gasteiger partial charge in [-0.3, -0.25) is 0 Å². The van der Waals surface area contributed by atoms with Gasteiger partial charge in [0.15, 0.2) is 0 Å². The molecule has 0 aromatic rings. The molecule has 3 nitrogen and oxygen atoms in total. The Morgan fingerprint density at radius 1 is 1.25 bits per heavy atom. The van der Waals surface area contributed by atoms with E-state index in [0.717, 1.165) is 25.2 Å². The van der Waals surface area contributed by atoms with Crippen LogP contribution in [0.25, 0.3) is 0 Å². The van der Waals surface area contributed by atoms with Crippen LogP contribution >= 0.6 is 7.26 Å². The van der Waals surface area contributed by atoms with Gasteiger partial charge < -0.3 is 0 Å². The van der Waals surface area contributed by atoms with Crippen LogP contribution in [0.2, 0.25) is 0 Å². The standard InChI is InChI=1S/C8H16F3NO2PS/c1-15(5-2-3-6-15)7-4-12-16(13,14)8(9,10)11/h12H,2-7H2,1H3/q+1. The summed E-state index contributed by atoms with van der Waals surface area (Å²) in [5.41, 5.74) is -5.19. The van der Waals surface area contributed by atoms with E-state index in [4.69, 9.17) is 0 Å². The number of alkyl halides is 3. The van der Waals surface area contributed by atoms with E-state index >= 15 is 0 Å². The summed E-state index contributed by atoms with van der Waals surface area (Å²) in [6, 6.07) is 0. The molecule has 0 unspecified atom stereocenters. The van der Waals surface area contributed by atoms with Crippen LogP contribution in [-0.2, 0) is 10.0 Å². The van der Waals surface area contributed by atoms with E-state index in [2.05, 4.69) is 6.66 Å². The number of sulfonamides is 1. The first kappa shape index (κ1) is 14.2. The molecule has 0 bridgehead atoms. The smallest absolute Gasteiger partial charge is 0.204 e. The number of halogens is 3. The largest absolute Gasteiger partial charge is 0.511 e. The maximum Gasteiger partial charge on any atom is 0.511 e. The predicted octanol–water partition coefficient (Wildman–Crippen LogP) is 1.87. The Labute approximate surface area is 94.2 Å². The highest BCUT2D eigenvalue weighted by Crippen LogP contribution is 2.59. The third-order valence-corrected chi connectivity index (χ3v) is 8.18. The lowest BCUT2D eigenvalue weighted by atomic mass is 10.4. The molecule has 96 valence electrons. The SMILES string of the molecule is C[P+]1(CCNS(=O)(=O)C(F)(F)F)CCCC1. The Balaban J connectivity index is 2.41. The monoisotopic (exact) mass is 278 g/mol. The van der Waals surface area contributed by atoms with Crippen molar-refractivity contribution in [1.82, 2.24) is 4.72 Å². The number of nitrogens with one attached hydrogen (secondary N) is 1. The third kappa shape index (κ3) is 3.57. The lowest BCUT2D eigenvalue weighted by Crippen LogP contribution is -2.38. The molecule has 0 saturated carbocycles. The first-order valence-corrected chi connectivity index (χ1v) is 9.33. The van der Waals surface area contributed by atoms with E-state index in [-0.39, 0.29) is 6.54 Å². The average Bonchev–Trinajstić information content (AvgIpc) is 2.50. The normalized spacial score (nSPS) is 21.2. The van der Waals surface area contributed by atoms with Gasteiger partial charge in [0, 0.05) is 20.5 Å². The molecule has 1 N–H and O–H groups in total. The first-order valence-electron chi connectivity index (χ1n) is 5.06. The molecule has 0 aromatic heterocycles. The zero-order valence-corrected chi connectivity index (χ0v) is 10.8. The lowest BCUT2D eigenvalue weighted by molar-refractivity contribution is -0.0447. The summed E-state index contributed by atoms with van der Waals surface area (Å²) in [7, 11) is -6.30. The van der Waals surface area contributed by atoms with E-state index < -0.39 is 22.8 Å². The van der Waals surface area contributed by atoms with Crippen LogP contribution < -0.4 is 4.72 Å². The minimum atomic E-state index is -5.19. The van der Waals surface area contributed by atoms with Gasteiger partial charge in [-0.2, -0.15) is 13.2 Å². The minimum absolute atomic E-state index is 0.0911. The second kappa shape index (κ2) is 4.78. The van der Waals surface area contributed by atoms with Gasteiger partial charge in [-0.05, 0) is 12.8 Å². The molecular weight excluding hydrogens is 262 g/mol. The Morgan fingerprint density at radius 2 is 1.75 bits per heavy atom. The second-order valence-corrected chi connectivity index (χ2v) is 10.7. The Kier molecular flexibility index (Phi) is 4.24. The first-order chi connectivity index (χ1) is 7.16. The number of rotatable bonds is 4. The van der Waals surface area contributed by atoms with Crippen LogP contribution in [0.15, 0.2) is 0 Å². The van der Waals surface area contributed by atoms with Crippen molar-refractivity contribution in [2.45, 2.75) is 18.3 Å². The van der Waals surface area contributed by atoms with Gasteiger partial charge in [-0.25, -0.2) is 13.1 Å². The fourth-order valence-corrected chi connectivity index (χ4v) is 5.84. The molecule has 0 aliphatic carbocycles. The van der Waals surface area contributed by atoms with Gasteiger partial charge in [-0.15, -0.1) is 0 Å². The summed E-state index contributed by atoms with van der Waals surface area (Å²) in [5, 5.41) is 0. The highest BCUT2D eigenvalue weighted by molar-refractivity contribution is 7.90. The predicted molar refractivity (Wildman–Crippen MR) is 59.7 cm³/mol. The molecule has 1 aliphatic rings. The van der Waals surface area contributed by atoms with Crippen molar-refractivity contribution in [3.8, 4) is 0 Å². The fraction of sp³-hybridized carbons (Fsp3) is 1.00. The highest BCUT2D eigenvalue weighted by Gasteiger charge is 2.46. The maximum absolute atomic E-state index is 12.0. The van der Waals surface area contributed by atoms with Gasteiger partial charge in [-0.1, -0.05) is 0 Å². The zero-order chi connectivity index (χ0) is 12.4. The van der Waals surface area contributed by atoms with Gasteiger partial charge in [0.2, 0.25) is 0 Å². The summed E-state index contributed by atoms with van der Waals surface area (Å²) >= 11 is 0. The third-order valence-electron chi connectivity index (χ3n) is 2.89. The molecule has 1 rings (SSSR count). The molecular formula is C8H16F3NO2PS+. The van der Waals surface area contributed by atoms with Crippen LogP contribution in [0.4, 0.5) is 13.2 Å². The molecule has 1 aliphatic heterocycles. The highest BCUT2D eigenvalue weighted by atomic mass is 32.2. The molecule has 16 heavy (non-hydrogen) atoms. The van der Waals surface area contributed by atoms with Crippen LogP contribution in [0, 0.1) is 0 Å². The van der Waals surface area contributed by atoms with Crippen LogP contribution in [0.1, 0.15) is 12.8 Å². The van der Waals surface area contributed by atoms with Crippen LogP contribution in [0.3, 0.4) is 0 Å². The van der Waals surface area contributed by atoms with Crippen molar-refractivity contribution in [2.75, 3.05) is 31.7 Å². The topological polar surface area (TPSA) is 46.2 Å². The molecule has 0 amide bonds. The molecule has 0 spiro atoms. The minimum Gasteiger partial charge on any atom is -0.204 e. The Bertz CT molecular complexity index is 336. The van der Waals surface area contributed by atoms with Crippen LogP contribution in [0.5, 0.6) is 0 Å². The molecule has 0 radical (unpaired) electrons. The Morgan fingerprint density at radius 3 is 2.19 bits per heavy atom. The summed E-state index contributed by atoms with van der Waals surface area (Å²) in [4.78, 5) is 0. The average molecular weight is 278 g/mol. The number of hydrogen-bond donors (Lipinski definition) is 1.